The van der Waals surface area contributed by atoms with Gasteiger partial charge in [-0.2, -0.15) is 0 Å². The van der Waals surface area contributed by atoms with Crippen LogP contribution < -0.4 is 11.0 Å². The Hall–Kier alpha value is -1.81. The number of hydrogen-bond donors (Lipinski definition) is 2. The summed E-state index contributed by atoms with van der Waals surface area (Å²) in [5.41, 5.74) is 5.76. The van der Waals surface area contributed by atoms with E-state index in [-0.39, 0.29) is 0 Å². The van der Waals surface area contributed by atoms with E-state index in [9.17, 15) is 4.79 Å². The Morgan fingerprint density at radius 3 is 2.69 bits per heavy atom. The van der Waals surface area contributed by atoms with E-state index in [4.69, 9.17) is 0 Å². The molecule has 13 heavy (non-hydrogen) atoms. The first kappa shape index (κ1) is 9.28. The van der Waals surface area contributed by atoms with Crippen LogP contribution in [-0.4, -0.2) is 5.97 Å². The summed E-state index contributed by atoms with van der Waals surface area (Å²) in [5, 5.41) is 0. The Morgan fingerprint density at radius 1 is 1.38 bits per heavy atom. The van der Waals surface area contributed by atoms with Crippen LogP contribution in [-0.2, 0) is 9.63 Å². The summed E-state index contributed by atoms with van der Waals surface area (Å²) in [5.74, 6) is -0.538. The molecule has 4 heteroatoms. The fourth-order valence-electron chi connectivity index (χ4n) is 0.698. The number of carbonyl (C=O) groups excluding carboxylic acids is 1. The number of nitrogens with one attached hydrogen (secondary N) is 2. The molecule has 2 N–H and O–H groups in total. The molecule has 0 saturated heterocycles. The zero-order valence-corrected chi connectivity index (χ0v) is 6.99. The molecule has 0 aromatic heterocycles. The van der Waals surface area contributed by atoms with Crippen LogP contribution in [0.1, 0.15) is 0 Å². The monoisotopic (exact) mass is 178 g/mol. The van der Waals surface area contributed by atoms with Crippen molar-refractivity contribution in [3.63, 3.8) is 0 Å². The smallest absolute Gasteiger partial charge is 0.347 e. The van der Waals surface area contributed by atoms with Crippen molar-refractivity contribution in [2.75, 3.05) is 5.43 Å². The lowest BCUT2D eigenvalue weighted by atomic mass is 10.3. The first-order valence-corrected chi connectivity index (χ1v) is 3.72. The molecule has 0 unspecified atom stereocenters. The van der Waals surface area contributed by atoms with Gasteiger partial charge in [0.15, 0.2) is 0 Å². The third-order valence-corrected chi connectivity index (χ3v) is 1.29. The lowest BCUT2D eigenvalue weighted by Crippen LogP contribution is -2.24. The Kier molecular flexibility index (Phi) is 3.53. The van der Waals surface area contributed by atoms with Gasteiger partial charge < -0.3 is 4.84 Å². The molecule has 1 aromatic rings. The standard InChI is InChI=1S/C9H10N2O2/c1-2-9(12)13-11-10-8-6-4-3-5-7-8/h2-7,10-11H,1H2. The minimum atomic E-state index is -0.538. The minimum absolute atomic E-state index is 0.538. The quantitative estimate of drug-likeness (QED) is 0.538. The van der Waals surface area contributed by atoms with Crippen molar-refractivity contribution in [3.05, 3.63) is 43.0 Å². The van der Waals surface area contributed by atoms with Crippen LogP contribution in [0.3, 0.4) is 0 Å². The van der Waals surface area contributed by atoms with Gasteiger partial charge in [-0.3, -0.25) is 5.43 Å². The van der Waals surface area contributed by atoms with Crippen LogP contribution in [0.25, 0.3) is 0 Å². The van der Waals surface area contributed by atoms with Crippen LogP contribution in [0.2, 0.25) is 0 Å². The van der Waals surface area contributed by atoms with E-state index in [0.717, 1.165) is 11.8 Å². The molecular weight excluding hydrogens is 168 g/mol. The van der Waals surface area contributed by atoms with Gasteiger partial charge in [0.1, 0.15) is 0 Å². The van der Waals surface area contributed by atoms with Gasteiger partial charge in [0.05, 0.1) is 5.69 Å². The summed E-state index contributed by atoms with van der Waals surface area (Å²) in [6.07, 6.45) is 1.07. The number of carbonyl (C=O) groups is 1. The van der Waals surface area contributed by atoms with Crippen molar-refractivity contribution >= 4 is 11.7 Å². The average molecular weight is 178 g/mol. The molecule has 0 bridgehead atoms. The van der Waals surface area contributed by atoms with Gasteiger partial charge in [-0.1, -0.05) is 30.4 Å². The summed E-state index contributed by atoms with van der Waals surface area (Å²) in [4.78, 5) is 15.0. The Morgan fingerprint density at radius 2 is 2.08 bits per heavy atom. The molecule has 0 aliphatic rings. The van der Waals surface area contributed by atoms with Crippen LogP contribution >= 0.6 is 0 Å². The highest BCUT2D eigenvalue weighted by atomic mass is 16.7. The Bertz CT molecular complexity index is 285. The summed E-state index contributed by atoms with van der Waals surface area (Å²) in [6.45, 7) is 3.24. The largest absolute Gasteiger partial charge is 0.350 e. The van der Waals surface area contributed by atoms with Crippen molar-refractivity contribution in [3.8, 4) is 0 Å². The second kappa shape index (κ2) is 4.95. The number of para-hydroxylation sites is 1. The normalized spacial score (nSPS) is 8.92. The molecule has 0 saturated carbocycles. The van der Waals surface area contributed by atoms with E-state index in [2.05, 4.69) is 22.4 Å². The molecular formula is C9H10N2O2. The second-order valence-electron chi connectivity index (χ2n) is 2.22. The Balaban J connectivity index is 2.28. The molecule has 68 valence electrons. The van der Waals surface area contributed by atoms with E-state index < -0.39 is 5.97 Å². The molecule has 0 spiro atoms. The van der Waals surface area contributed by atoms with Crippen molar-refractivity contribution in [2.24, 2.45) is 0 Å². The van der Waals surface area contributed by atoms with E-state index >= 15 is 0 Å². The summed E-state index contributed by atoms with van der Waals surface area (Å²) < 4.78 is 0. The Labute approximate surface area is 76.1 Å². The van der Waals surface area contributed by atoms with E-state index in [1.54, 1.807) is 0 Å². The lowest BCUT2D eigenvalue weighted by Gasteiger charge is -2.05. The zero-order valence-electron chi connectivity index (χ0n) is 6.99. The maximum Gasteiger partial charge on any atom is 0.350 e. The van der Waals surface area contributed by atoms with Gasteiger partial charge in [-0.15, -0.1) is 0 Å². The third-order valence-electron chi connectivity index (χ3n) is 1.29. The van der Waals surface area contributed by atoms with Crippen molar-refractivity contribution in [2.45, 2.75) is 0 Å². The van der Waals surface area contributed by atoms with Gasteiger partial charge in [0.25, 0.3) is 0 Å². The molecule has 0 aliphatic carbocycles. The second-order valence-corrected chi connectivity index (χ2v) is 2.22. The molecule has 0 radical (unpaired) electrons. The fraction of sp³-hybridized carbons (Fsp3) is 0. The molecule has 0 aliphatic heterocycles. The average Bonchev–Trinajstić information content (AvgIpc) is 2.19. The first-order chi connectivity index (χ1) is 6.33. The SMILES string of the molecule is C=CC(=O)ONNc1ccccc1. The predicted octanol–water partition coefficient (Wildman–Crippen LogP) is 1.25. The van der Waals surface area contributed by atoms with Crippen molar-refractivity contribution in [1.82, 2.24) is 5.59 Å². The predicted molar refractivity (Wildman–Crippen MR) is 49.5 cm³/mol. The van der Waals surface area contributed by atoms with Gasteiger partial charge in [0.2, 0.25) is 0 Å². The van der Waals surface area contributed by atoms with Crippen LogP contribution in [0, 0.1) is 0 Å². The summed E-state index contributed by atoms with van der Waals surface area (Å²) >= 11 is 0. The molecule has 0 fully saturated rings. The van der Waals surface area contributed by atoms with Gasteiger partial charge in [0, 0.05) is 6.08 Å². The van der Waals surface area contributed by atoms with Gasteiger partial charge in [-0.25, -0.2) is 4.79 Å². The lowest BCUT2D eigenvalue weighted by molar-refractivity contribution is -0.143. The highest BCUT2D eigenvalue weighted by molar-refractivity contribution is 5.80. The van der Waals surface area contributed by atoms with Crippen molar-refractivity contribution in [1.29, 1.82) is 0 Å². The minimum Gasteiger partial charge on any atom is -0.347 e. The fourth-order valence-corrected chi connectivity index (χ4v) is 0.698. The maximum atomic E-state index is 10.6. The van der Waals surface area contributed by atoms with E-state index in [0.29, 0.717) is 0 Å². The van der Waals surface area contributed by atoms with E-state index in [1.165, 1.54) is 0 Å². The summed E-state index contributed by atoms with van der Waals surface area (Å²) in [6, 6.07) is 9.27. The summed E-state index contributed by atoms with van der Waals surface area (Å²) in [7, 11) is 0. The van der Waals surface area contributed by atoms with Crippen LogP contribution in [0.15, 0.2) is 43.0 Å². The molecule has 1 rings (SSSR count). The van der Waals surface area contributed by atoms with Crippen LogP contribution in [0.4, 0.5) is 5.69 Å². The molecule has 0 atom stereocenters. The van der Waals surface area contributed by atoms with E-state index in [1.807, 2.05) is 30.3 Å². The first-order valence-electron chi connectivity index (χ1n) is 3.72. The highest BCUT2D eigenvalue weighted by Crippen LogP contribution is 2.02. The molecule has 0 heterocycles. The number of hydrazine groups is 1. The molecule has 0 amide bonds. The number of benzene rings is 1. The molecule has 1 aromatic carbocycles. The molecule has 4 nitrogen and oxygen atoms in total. The highest BCUT2D eigenvalue weighted by Gasteiger charge is 1.93. The van der Waals surface area contributed by atoms with Gasteiger partial charge in [-0.05, 0) is 12.1 Å². The number of anilines is 1. The van der Waals surface area contributed by atoms with Gasteiger partial charge >= 0.3 is 5.97 Å². The topological polar surface area (TPSA) is 50.4 Å². The van der Waals surface area contributed by atoms with Crippen molar-refractivity contribution < 1.29 is 9.63 Å². The maximum absolute atomic E-state index is 10.6. The number of rotatable bonds is 4. The van der Waals surface area contributed by atoms with Crippen LogP contribution in [0.5, 0.6) is 0 Å². The zero-order chi connectivity index (χ0) is 9.52. The number of hydrogen-bond acceptors (Lipinski definition) is 4. The third kappa shape index (κ3) is 3.39.